The van der Waals surface area contributed by atoms with E-state index in [-0.39, 0.29) is 17.6 Å². The number of aryl methyl sites for hydroxylation is 1. The number of rotatable bonds is 6. The molecule has 1 atom stereocenters. The third-order valence-electron chi connectivity index (χ3n) is 5.29. The number of nitrogens with one attached hydrogen (secondary N) is 1. The molecule has 3 aromatic rings. The van der Waals surface area contributed by atoms with Crippen LogP contribution in [0.3, 0.4) is 0 Å². The fourth-order valence-corrected chi connectivity index (χ4v) is 3.80. The molecular formula is C23H24FN3O. The molecule has 1 unspecified atom stereocenters. The largest absolute Gasteiger partial charge is 0.356 e. The van der Waals surface area contributed by atoms with Gasteiger partial charge in [-0.05, 0) is 73.7 Å². The Kier molecular flexibility index (Phi) is 5.51. The van der Waals surface area contributed by atoms with Crippen LogP contribution in [-0.4, -0.2) is 22.0 Å². The molecule has 4 rings (SSSR count). The Morgan fingerprint density at radius 1 is 1.21 bits per heavy atom. The van der Waals surface area contributed by atoms with Crippen LogP contribution in [0.4, 0.5) is 4.39 Å². The molecule has 2 heterocycles. The molecule has 5 heteroatoms. The first-order valence-corrected chi connectivity index (χ1v) is 9.85. The summed E-state index contributed by atoms with van der Waals surface area (Å²) in [5, 5.41) is 4.13. The summed E-state index contributed by atoms with van der Waals surface area (Å²) in [5.41, 5.74) is 2.88. The lowest BCUT2D eigenvalue weighted by molar-refractivity contribution is -0.125. The van der Waals surface area contributed by atoms with Crippen LogP contribution in [0.2, 0.25) is 0 Å². The first-order valence-electron chi connectivity index (χ1n) is 9.85. The number of carbonyl (C=O) groups excluding carboxylic acids is 1. The van der Waals surface area contributed by atoms with Crippen LogP contribution in [0, 0.1) is 11.7 Å². The van der Waals surface area contributed by atoms with Gasteiger partial charge in [-0.15, -0.1) is 0 Å². The molecule has 0 radical (unpaired) electrons. The smallest absolute Gasteiger partial charge is 0.223 e. The Balaban J connectivity index is 1.46. The summed E-state index contributed by atoms with van der Waals surface area (Å²) in [4.78, 5) is 16.8. The number of fused-ring (bicyclic) bond motifs is 1. The molecule has 144 valence electrons. The molecule has 0 spiro atoms. The predicted molar refractivity (Wildman–Crippen MR) is 109 cm³/mol. The Hall–Kier alpha value is -2.95. The molecule has 1 aliphatic carbocycles. The number of nitrogens with zero attached hydrogens (tertiary/aromatic N) is 2. The number of benzene rings is 1. The van der Waals surface area contributed by atoms with Gasteiger partial charge in [0.15, 0.2) is 0 Å². The van der Waals surface area contributed by atoms with E-state index in [4.69, 9.17) is 0 Å². The van der Waals surface area contributed by atoms with Crippen LogP contribution >= 0.6 is 0 Å². The minimum atomic E-state index is -0.246. The number of hydrogen-bond acceptors (Lipinski definition) is 2. The molecule has 1 N–H and O–H groups in total. The van der Waals surface area contributed by atoms with E-state index < -0.39 is 0 Å². The van der Waals surface area contributed by atoms with Gasteiger partial charge < -0.3 is 9.88 Å². The Morgan fingerprint density at radius 2 is 2.07 bits per heavy atom. The third kappa shape index (κ3) is 3.98. The van der Waals surface area contributed by atoms with Gasteiger partial charge in [0, 0.05) is 30.6 Å². The van der Waals surface area contributed by atoms with E-state index in [0.29, 0.717) is 6.54 Å². The summed E-state index contributed by atoms with van der Waals surface area (Å²) in [7, 11) is 0. The predicted octanol–water partition coefficient (Wildman–Crippen LogP) is 4.71. The molecule has 28 heavy (non-hydrogen) atoms. The fraction of sp³-hybridized carbons (Fsp3) is 0.304. The summed E-state index contributed by atoms with van der Waals surface area (Å²) in [6.07, 6.45) is 9.59. The lowest BCUT2D eigenvalue weighted by Gasteiger charge is -2.17. The molecule has 0 saturated heterocycles. The minimum Gasteiger partial charge on any atom is -0.356 e. The van der Waals surface area contributed by atoms with Gasteiger partial charge in [-0.1, -0.05) is 12.2 Å². The molecule has 4 nitrogen and oxygen atoms in total. The van der Waals surface area contributed by atoms with Crippen molar-refractivity contribution in [3.63, 3.8) is 0 Å². The first-order chi connectivity index (χ1) is 13.7. The Morgan fingerprint density at radius 3 is 2.86 bits per heavy atom. The van der Waals surface area contributed by atoms with Crippen molar-refractivity contribution in [3.05, 3.63) is 66.6 Å². The van der Waals surface area contributed by atoms with Crippen LogP contribution in [0.15, 0.2) is 60.8 Å². The van der Waals surface area contributed by atoms with Crippen LogP contribution in [0.5, 0.6) is 0 Å². The molecule has 0 fully saturated rings. The number of allylic oxidation sites excluding steroid dienone is 2. The number of carbonyl (C=O) groups is 1. The summed E-state index contributed by atoms with van der Waals surface area (Å²) < 4.78 is 15.5. The van der Waals surface area contributed by atoms with Gasteiger partial charge in [0.25, 0.3) is 0 Å². The van der Waals surface area contributed by atoms with E-state index >= 15 is 0 Å². The van der Waals surface area contributed by atoms with Gasteiger partial charge in [0.2, 0.25) is 5.91 Å². The van der Waals surface area contributed by atoms with Crippen LogP contribution in [0.1, 0.15) is 25.7 Å². The summed E-state index contributed by atoms with van der Waals surface area (Å²) in [5.74, 6) is 0.0113. The first kappa shape index (κ1) is 18.4. The van der Waals surface area contributed by atoms with Crippen LogP contribution < -0.4 is 5.32 Å². The van der Waals surface area contributed by atoms with E-state index in [2.05, 4.69) is 33.1 Å². The van der Waals surface area contributed by atoms with Gasteiger partial charge in [-0.2, -0.15) is 0 Å². The van der Waals surface area contributed by atoms with Crippen molar-refractivity contribution in [2.24, 2.45) is 5.92 Å². The van der Waals surface area contributed by atoms with E-state index in [0.717, 1.165) is 54.5 Å². The SMILES string of the molecule is O=C(NCCCn1c(-c2ccc(F)cc2)cc2cccnc21)C1CC=CCC1. The molecule has 2 aromatic heterocycles. The second-order valence-corrected chi connectivity index (χ2v) is 7.23. The van der Waals surface area contributed by atoms with E-state index in [1.54, 1.807) is 18.3 Å². The number of aromatic nitrogens is 2. The van der Waals surface area contributed by atoms with Gasteiger partial charge in [0.05, 0.1) is 5.69 Å². The van der Waals surface area contributed by atoms with Crippen LogP contribution in [0.25, 0.3) is 22.3 Å². The Labute approximate surface area is 164 Å². The van der Waals surface area contributed by atoms with Crippen molar-refractivity contribution in [1.82, 2.24) is 14.9 Å². The summed E-state index contributed by atoms with van der Waals surface area (Å²) in [6.45, 7) is 1.37. The highest BCUT2D eigenvalue weighted by molar-refractivity contribution is 5.84. The normalized spacial score (nSPS) is 16.4. The highest BCUT2D eigenvalue weighted by Gasteiger charge is 2.18. The molecular weight excluding hydrogens is 353 g/mol. The van der Waals surface area contributed by atoms with E-state index in [9.17, 15) is 9.18 Å². The van der Waals surface area contributed by atoms with Crippen molar-refractivity contribution in [1.29, 1.82) is 0 Å². The monoisotopic (exact) mass is 377 g/mol. The Bertz CT molecular complexity index is 991. The standard InChI is InChI=1S/C23H24FN3O/c24-20-11-9-17(10-12-20)21-16-19-8-4-13-25-22(19)27(21)15-5-14-26-23(28)18-6-2-1-3-7-18/h1-2,4,8-13,16,18H,3,5-7,14-15H2,(H,26,28). The maximum atomic E-state index is 13.3. The van der Waals surface area contributed by atoms with Crippen molar-refractivity contribution >= 4 is 16.9 Å². The zero-order valence-corrected chi connectivity index (χ0v) is 15.8. The van der Waals surface area contributed by atoms with Crippen LogP contribution in [-0.2, 0) is 11.3 Å². The van der Waals surface area contributed by atoms with Crippen molar-refractivity contribution in [3.8, 4) is 11.3 Å². The molecule has 0 bridgehead atoms. The topological polar surface area (TPSA) is 46.9 Å². The molecule has 1 amide bonds. The zero-order valence-electron chi connectivity index (χ0n) is 15.8. The molecule has 0 saturated carbocycles. The minimum absolute atomic E-state index is 0.105. The fourth-order valence-electron chi connectivity index (χ4n) is 3.80. The zero-order chi connectivity index (χ0) is 19.3. The number of pyridine rings is 1. The number of halogens is 1. The third-order valence-corrected chi connectivity index (χ3v) is 5.29. The summed E-state index contributed by atoms with van der Waals surface area (Å²) >= 11 is 0. The number of amides is 1. The second-order valence-electron chi connectivity index (χ2n) is 7.23. The quantitative estimate of drug-likeness (QED) is 0.500. The van der Waals surface area contributed by atoms with Gasteiger partial charge in [-0.25, -0.2) is 9.37 Å². The lowest BCUT2D eigenvalue weighted by atomic mass is 9.94. The average molecular weight is 377 g/mol. The van der Waals surface area contributed by atoms with E-state index in [1.165, 1.54) is 12.1 Å². The lowest BCUT2D eigenvalue weighted by Crippen LogP contribution is -2.32. The van der Waals surface area contributed by atoms with Crippen molar-refractivity contribution in [2.45, 2.75) is 32.2 Å². The highest BCUT2D eigenvalue weighted by Crippen LogP contribution is 2.27. The van der Waals surface area contributed by atoms with Gasteiger partial charge >= 0.3 is 0 Å². The highest BCUT2D eigenvalue weighted by atomic mass is 19.1. The second kappa shape index (κ2) is 8.38. The molecule has 1 aliphatic rings. The van der Waals surface area contributed by atoms with Gasteiger partial charge in [-0.3, -0.25) is 4.79 Å². The maximum absolute atomic E-state index is 13.3. The average Bonchev–Trinajstić information content (AvgIpc) is 3.11. The summed E-state index contributed by atoms with van der Waals surface area (Å²) in [6, 6.07) is 12.6. The van der Waals surface area contributed by atoms with Crippen molar-refractivity contribution < 1.29 is 9.18 Å². The van der Waals surface area contributed by atoms with Gasteiger partial charge in [0.1, 0.15) is 11.5 Å². The number of hydrogen-bond donors (Lipinski definition) is 1. The molecule has 1 aromatic carbocycles. The van der Waals surface area contributed by atoms with E-state index in [1.807, 2.05) is 12.1 Å². The maximum Gasteiger partial charge on any atom is 0.223 e. The van der Waals surface area contributed by atoms with Crippen molar-refractivity contribution in [2.75, 3.05) is 6.54 Å². The molecule has 0 aliphatic heterocycles.